The Balaban J connectivity index is 1.74. The normalized spacial score (nSPS) is 11.1. The molecule has 0 aliphatic rings. The van der Waals surface area contributed by atoms with Gasteiger partial charge in [0.05, 0.1) is 0 Å². The molecule has 3 aromatic rings. The molecule has 1 aromatic carbocycles. The number of carbonyl (C=O) groups excluding carboxylic acids is 1. The number of amides is 1. The second-order valence-corrected chi connectivity index (χ2v) is 6.53. The van der Waals surface area contributed by atoms with Crippen LogP contribution in [0, 0.1) is 13.8 Å². The minimum atomic E-state index is -0.0580. The summed E-state index contributed by atoms with van der Waals surface area (Å²) in [7, 11) is 0. The third kappa shape index (κ3) is 3.79. The highest BCUT2D eigenvalue weighted by Gasteiger charge is 2.11. The molecule has 6 nitrogen and oxygen atoms in total. The number of aryl methyl sites for hydroxylation is 2. The Morgan fingerprint density at radius 3 is 2.56 bits per heavy atom. The summed E-state index contributed by atoms with van der Waals surface area (Å²) in [6.07, 6.45) is 0. The number of nitrogens with zero attached hydrogens (tertiary/aromatic N) is 3. The molecule has 0 saturated heterocycles. The topological polar surface area (TPSA) is 75.6 Å². The van der Waals surface area contributed by atoms with Gasteiger partial charge in [0.15, 0.2) is 5.82 Å². The molecule has 0 atom stereocenters. The van der Waals surface area contributed by atoms with Gasteiger partial charge in [0.25, 0.3) is 0 Å². The molecule has 25 heavy (non-hydrogen) atoms. The van der Waals surface area contributed by atoms with Crippen molar-refractivity contribution in [1.82, 2.24) is 19.7 Å². The number of anilines is 1. The minimum absolute atomic E-state index is 0.0580. The first-order valence-corrected chi connectivity index (χ1v) is 8.39. The Morgan fingerprint density at radius 1 is 1.20 bits per heavy atom. The maximum Gasteiger partial charge on any atom is 0.244 e. The number of rotatable bonds is 5. The highest BCUT2D eigenvalue weighted by atomic mass is 16.1. The molecule has 2 N–H and O–H groups in total. The number of benzene rings is 1. The van der Waals surface area contributed by atoms with Crippen molar-refractivity contribution in [1.29, 1.82) is 0 Å². The zero-order chi connectivity index (χ0) is 18.0. The quantitative estimate of drug-likeness (QED) is 0.746. The fraction of sp³-hybridized carbons (Fsp3) is 0.316. The van der Waals surface area contributed by atoms with Gasteiger partial charge in [-0.25, -0.2) is 4.98 Å². The average molecular weight is 337 g/mol. The molecule has 0 unspecified atom stereocenters. The zero-order valence-electron chi connectivity index (χ0n) is 15.0. The first kappa shape index (κ1) is 17.0. The second kappa shape index (κ2) is 6.93. The van der Waals surface area contributed by atoms with Crippen LogP contribution in [0.3, 0.4) is 0 Å². The monoisotopic (exact) mass is 337 g/mol. The summed E-state index contributed by atoms with van der Waals surface area (Å²) in [6, 6.07) is 11.6. The molecule has 0 fully saturated rings. The molecule has 0 spiro atoms. The number of carbonyl (C=O) groups is 1. The van der Waals surface area contributed by atoms with E-state index in [4.69, 9.17) is 0 Å². The van der Waals surface area contributed by atoms with E-state index >= 15 is 0 Å². The molecule has 0 saturated carbocycles. The SMILES string of the molecule is Cc1ccc(C)n1CC(=O)Nc1cccc(-c2n[nH]c(C(C)C)n2)c1. The Kier molecular flexibility index (Phi) is 4.70. The Labute approximate surface area is 147 Å². The number of hydrogen-bond acceptors (Lipinski definition) is 3. The fourth-order valence-electron chi connectivity index (χ4n) is 2.69. The second-order valence-electron chi connectivity index (χ2n) is 6.53. The molecule has 0 radical (unpaired) electrons. The summed E-state index contributed by atoms with van der Waals surface area (Å²) < 4.78 is 1.99. The van der Waals surface area contributed by atoms with Gasteiger partial charge in [0.1, 0.15) is 12.4 Å². The number of hydrogen-bond donors (Lipinski definition) is 2. The molecule has 2 aromatic heterocycles. The lowest BCUT2D eigenvalue weighted by atomic mass is 10.2. The van der Waals surface area contributed by atoms with Gasteiger partial charge >= 0.3 is 0 Å². The van der Waals surface area contributed by atoms with Crippen LogP contribution in [-0.4, -0.2) is 25.7 Å². The summed E-state index contributed by atoms with van der Waals surface area (Å²) >= 11 is 0. The maximum atomic E-state index is 12.4. The first-order chi connectivity index (χ1) is 11.9. The van der Waals surface area contributed by atoms with Gasteiger partial charge in [0.2, 0.25) is 5.91 Å². The molecule has 1 amide bonds. The van der Waals surface area contributed by atoms with Crippen molar-refractivity contribution in [2.24, 2.45) is 0 Å². The van der Waals surface area contributed by atoms with E-state index in [9.17, 15) is 4.79 Å². The molecular formula is C19H23N5O. The zero-order valence-corrected chi connectivity index (χ0v) is 15.0. The van der Waals surface area contributed by atoms with Crippen LogP contribution in [0.1, 0.15) is 37.0 Å². The molecule has 130 valence electrons. The lowest BCUT2D eigenvalue weighted by Crippen LogP contribution is -2.20. The van der Waals surface area contributed by atoms with Crippen molar-refractivity contribution < 1.29 is 4.79 Å². The average Bonchev–Trinajstić information content (AvgIpc) is 3.18. The maximum absolute atomic E-state index is 12.4. The van der Waals surface area contributed by atoms with Gasteiger partial charge < -0.3 is 9.88 Å². The van der Waals surface area contributed by atoms with Crippen molar-refractivity contribution in [3.8, 4) is 11.4 Å². The highest BCUT2D eigenvalue weighted by Crippen LogP contribution is 2.21. The van der Waals surface area contributed by atoms with Crippen LogP contribution in [0.4, 0.5) is 5.69 Å². The van der Waals surface area contributed by atoms with E-state index in [1.165, 1.54) is 0 Å². The smallest absolute Gasteiger partial charge is 0.244 e. The summed E-state index contributed by atoms with van der Waals surface area (Å²) in [5.74, 6) is 1.72. The molecule has 0 bridgehead atoms. The summed E-state index contributed by atoms with van der Waals surface area (Å²) in [4.78, 5) is 16.9. The first-order valence-electron chi connectivity index (χ1n) is 8.39. The van der Waals surface area contributed by atoms with Crippen LogP contribution in [0.5, 0.6) is 0 Å². The van der Waals surface area contributed by atoms with Gasteiger partial charge in [-0.05, 0) is 38.1 Å². The molecule has 3 rings (SSSR count). The lowest BCUT2D eigenvalue weighted by Gasteiger charge is -2.10. The highest BCUT2D eigenvalue weighted by molar-refractivity contribution is 5.91. The predicted octanol–water partition coefficient (Wildman–Crippen LogP) is 3.65. The number of nitrogens with one attached hydrogen (secondary N) is 2. The van der Waals surface area contributed by atoms with Crippen molar-refractivity contribution in [3.63, 3.8) is 0 Å². The van der Waals surface area contributed by atoms with Gasteiger partial charge in [-0.3, -0.25) is 9.89 Å². The van der Waals surface area contributed by atoms with E-state index in [-0.39, 0.29) is 11.8 Å². The van der Waals surface area contributed by atoms with E-state index < -0.39 is 0 Å². The van der Waals surface area contributed by atoms with Gasteiger partial charge in [-0.15, -0.1) is 0 Å². The summed E-state index contributed by atoms with van der Waals surface area (Å²) in [5, 5.41) is 10.2. The van der Waals surface area contributed by atoms with Crippen molar-refractivity contribution in [3.05, 3.63) is 53.6 Å². The third-order valence-corrected chi connectivity index (χ3v) is 4.17. The van der Waals surface area contributed by atoms with Gasteiger partial charge in [-0.2, -0.15) is 5.10 Å². The van der Waals surface area contributed by atoms with Crippen LogP contribution < -0.4 is 5.32 Å². The number of aromatic nitrogens is 4. The molecule has 0 aliphatic heterocycles. The Bertz CT molecular complexity index is 871. The van der Waals surface area contributed by atoms with Crippen molar-refractivity contribution in [2.45, 2.75) is 40.2 Å². The largest absolute Gasteiger partial charge is 0.340 e. The number of aromatic amines is 1. The minimum Gasteiger partial charge on any atom is -0.340 e. The molecule has 0 aliphatic carbocycles. The van der Waals surface area contributed by atoms with Crippen LogP contribution in [0.2, 0.25) is 0 Å². The van der Waals surface area contributed by atoms with E-state index in [0.717, 1.165) is 28.5 Å². The van der Waals surface area contributed by atoms with E-state index in [0.29, 0.717) is 12.4 Å². The molecule has 6 heteroatoms. The van der Waals surface area contributed by atoms with Crippen LogP contribution in [-0.2, 0) is 11.3 Å². The predicted molar refractivity (Wildman–Crippen MR) is 98.4 cm³/mol. The van der Waals surface area contributed by atoms with Gasteiger partial charge in [0, 0.05) is 28.6 Å². The molecule has 2 heterocycles. The van der Waals surface area contributed by atoms with E-state index in [1.807, 2.05) is 54.8 Å². The van der Waals surface area contributed by atoms with Crippen LogP contribution in [0.25, 0.3) is 11.4 Å². The van der Waals surface area contributed by atoms with Crippen molar-refractivity contribution >= 4 is 11.6 Å². The lowest BCUT2D eigenvalue weighted by molar-refractivity contribution is -0.116. The standard InChI is InChI=1S/C19H23N5O/c1-12(2)18-21-19(23-22-18)15-6-5-7-16(10-15)20-17(25)11-24-13(3)8-9-14(24)4/h5-10,12H,11H2,1-4H3,(H,20,25)(H,21,22,23). The number of H-pyrrole nitrogens is 1. The fourth-order valence-corrected chi connectivity index (χ4v) is 2.69. The third-order valence-electron chi connectivity index (χ3n) is 4.17. The van der Waals surface area contributed by atoms with Crippen molar-refractivity contribution in [2.75, 3.05) is 5.32 Å². The molecular weight excluding hydrogens is 314 g/mol. The van der Waals surface area contributed by atoms with Crippen LogP contribution >= 0.6 is 0 Å². The summed E-state index contributed by atoms with van der Waals surface area (Å²) in [5.41, 5.74) is 3.75. The van der Waals surface area contributed by atoms with Gasteiger partial charge in [-0.1, -0.05) is 26.0 Å². The van der Waals surface area contributed by atoms with E-state index in [1.54, 1.807) is 0 Å². The summed E-state index contributed by atoms with van der Waals surface area (Å²) in [6.45, 7) is 8.41. The van der Waals surface area contributed by atoms with Crippen LogP contribution in [0.15, 0.2) is 36.4 Å². The Morgan fingerprint density at radius 2 is 1.92 bits per heavy atom. The Hall–Kier alpha value is -2.89. The van der Waals surface area contributed by atoms with E-state index in [2.05, 4.69) is 34.3 Å².